The molecule has 1 saturated heterocycles. The van der Waals surface area contributed by atoms with E-state index in [0.717, 1.165) is 18.8 Å². The van der Waals surface area contributed by atoms with Crippen molar-refractivity contribution in [1.82, 2.24) is 14.5 Å². The Labute approximate surface area is 134 Å². The Kier molecular flexibility index (Phi) is 3.25. The second-order valence-corrected chi connectivity index (χ2v) is 6.63. The zero-order chi connectivity index (χ0) is 16.1. The first-order chi connectivity index (χ1) is 11.0. The lowest BCUT2D eigenvalue weighted by atomic mass is 10.1. The lowest BCUT2D eigenvalue weighted by Gasteiger charge is -2.27. The van der Waals surface area contributed by atoms with Crippen LogP contribution in [0.3, 0.4) is 0 Å². The first-order valence-corrected chi connectivity index (χ1v) is 8.00. The van der Waals surface area contributed by atoms with Gasteiger partial charge in [-0.25, -0.2) is 4.79 Å². The van der Waals surface area contributed by atoms with Crippen molar-refractivity contribution in [3.05, 3.63) is 52.6 Å². The molecule has 1 aromatic heterocycles. The van der Waals surface area contributed by atoms with Crippen molar-refractivity contribution in [3.63, 3.8) is 0 Å². The van der Waals surface area contributed by atoms with Crippen molar-refractivity contribution < 1.29 is 0 Å². The number of nitrogens with two attached hydrogens (primary N) is 2. The molecule has 1 saturated carbocycles. The maximum Gasteiger partial charge on any atom is 0.354 e. The van der Waals surface area contributed by atoms with E-state index in [2.05, 4.69) is 28.9 Å². The van der Waals surface area contributed by atoms with Crippen LogP contribution >= 0.6 is 0 Å². The van der Waals surface area contributed by atoms with E-state index in [1.165, 1.54) is 10.1 Å². The molecule has 0 amide bonds. The maximum atomic E-state index is 11.9. The highest BCUT2D eigenvalue weighted by atomic mass is 16.1. The molecular weight excluding hydrogens is 290 g/mol. The van der Waals surface area contributed by atoms with Gasteiger partial charge in [-0.1, -0.05) is 12.1 Å². The largest absolute Gasteiger partial charge is 0.383 e. The minimum absolute atomic E-state index is 0.238. The Morgan fingerprint density at radius 2 is 1.83 bits per heavy atom. The monoisotopic (exact) mass is 311 g/mol. The topological polar surface area (TPSA) is 90.2 Å². The average molecular weight is 311 g/mol. The fraction of sp³-hybridized carbons (Fsp3) is 0.412. The molecule has 0 spiro atoms. The van der Waals surface area contributed by atoms with E-state index in [0.29, 0.717) is 23.9 Å². The molecular formula is C17H21N5O. The van der Waals surface area contributed by atoms with Gasteiger partial charge in [-0.05, 0) is 42.5 Å². The maximum absolute atomic E-state index is 11.9. The Balaban J connectivity index is 1.53. The Morgan fingerprint density at radius 3 is 2.43 bits per heavy atom. The van der Waals surface area contributed by atoms with Crippen molar-refractivity contribution in [3.8, 4) is 5.69 Å². The summed E-state index contributed by atoms with van der Waals surface area (Å²) in [5, 5.41) is 0. The quantitative estimate of drug-likeness (QED) is 0.873. The Bertz CT molecular complexity index is 772. The molecule has 1 aliphatic carbocycles. The van der Waals surface area contributed by atoms with Crippen LogP contribution in [0.25, 0.3) is 5.69 Å². The fourth-order valence-electron chi connectivity index (χ4n) is 3.66. The van der Waals surface area contributed by atoms with Crippen LogP contribution in [-0.4, -0.2) is 33.6 Å². The molecule has 2 fully saturated rings. The number of nitrogens with zero attached hydrogens (tertiary/aromatic N) is 3. The number of likely N-dealkylation sites (tertiary alicyclic amines) is 1. The van der Waals surface area contributed by atoms with Crippen LogP contribution < -0.4 is 17.2 Å². The minimum Gasteiger partial charge on any atom is -0.383 e. The van der Waals surface area contributed by atoms with Crippen LogP contribution in [0.1, 0.15) is 18.5 Å². The van der Waals surface area contributed by atoms with Crippen LogP contribution in [-0.2, 0) is 0 Å². The van der Waals surface area contributed by atoms with E-state index >= 15 is 0 Å². The van der Waals surface area contributed by atoms with Gasteiger partial charge >= 0.3 is 5.69 Å². The molecule has 23 heavy (non-hydrogen) atoms. The molecule has 4 atom stereocenters. The number of anilines is 1. The molecule has 6 heteroatoms. The summed E-state index contributed by atoms with van der Waals surface area (Å²) in [6.07, 6.45) is 1.65. The molecule has 1 aromatic carbocycles. The molecule has 1 aliphatic heterocycles. The summed E-state index contributed by atoms with van der Waals surface area (Å²) in [6, 6.07) is 10.5. The van der Waals surface area contributed by atoms with Crippen LogP contribution in [0.4, 0.5) is 5.82 Å². The van der Waals surface area contributed by atoms with Crippen LogP contribution in [0.2, 0.25) is 0 Å². The summed E-state index contributed by atoms with van der Waals surface area (Å²) in [7, 11) is 0. The second-order valence-electron chi connectivity index (χ2n) is 6.63. The Morgan fingerprint density at radius 1 is 1.17 bits per heavy atom. The van der Waals surface area contributed by atoms with E-state index < -0.39 is 0 Å². The standard InChI is InChI=1S/C17H21N5O/c1-10(21-8-13-14(9-21)16(13)19)11-2-4-12(5-3-11)22-7-6-15(18)20-17(22)23/h2-7,10,13-14,16H,8-9,19H2,1H3,(H2,18,20,23)/t10?,13-,14+,16+. The first kappa shape index (κ1) is 14.4. The smallest absolute Gasteiger partial charge is 0.354 e. The predicted molar refractivity (Wildman–Crippen MR) is 89.2 cm³/mol. The number of nitrogen functional groups attached to an aromatic ring is 1. The number of benzene rings is 1. The van der Waals surface area contributed by atoms with Gasteiger partial charge in [0.2, 0.25) is 0 Å². The van der Waals surface area contributed by atoms with Crippen molar-refractivity contribution in [2.75, 3.05) is 18.8 Å². The molecule has 0 radical (unpaired) electrons. The summed E-state index contributed by atoms with van der Waals surface area (Å²) in [5.41, 5.74) is 13.2. The van der Waals surface area contributed by atoms with Crippen LogP contribution in [0.15, 0.2) is 41.3 Å². The molecule has 2 aliphatic rings. The summed E-state index contributed by atoms with van der Waals surface area (Å²) in [6.45, 7) is 4.41. The van der Waals surface area contributed by atoms with Gasteiger partial charge < -0.3 is 11.5 Å². The Hall–Kier alpha value is -2.18. The third kappa shape index (κ3) is 2.44. The predicted octanol–water partition coefficient (Wildman–Crippen LogP) is 0.765. The lowest BCUT2D eigenvalue weighted by molar-refractivity contribution is 0.231. The summed E-state index contributed by atoms with van der Waals surface area (Å²) >= 11 is 0. The number of piperidine rings is 1. The van der Waals surface area contributed by atoms with Crippen molar-refractivity contribution in [2.24, 2.45) is 17.6 Å². The molecule has 120 valence electrons. The van der Waals surface area contributed by atoms with Gasteiger partial charge in [-0.15, -0.1) is 0 Å². The van der Waals surface area contributed by atoms with Gasteiger partial charge in [0.05, 0.1) is 5.69 Å². The highest BCUT2D eigenvalue weighted by Crippen LogP contribution is 2.46. The lowest BCUT2D eigenvalue weighted by Crippen LogP contribution is -2.30. The molecule has 6 nitrogen and oxygen atoms in total. The van der Waals surface area contributed by atoms with Gasteiger partial charge in [0.1, 0.15) is 5.82 Å². The number of rotatable bonds is 3. The van der Waals surface area contributed by atoms with Crippen molar-refractivity contribution >= 4 is 5.82 Å². The normalized spacial score (nSPS) is 27.7. The third-order valence-electron chi connectivity index (χ3n) is 5.32. The summed E-state index contributed by atoms with van der Waals surface area (Å²) in [4.78, 5) is 18.1. The number of fused-ring (bicyclic) bond motifs is 1. The number of hydrogen-bond acceptors (Lipinski definition) is 5. The number of aromatic nitrogens is 2. The summed E-state index contributed by atoms with van der Waals surface area (Å²) < 4.78 is 1.49. The van der Waals surface area contributed by atoms with Gasteiger partial charge in [-0.3, -0.25) is 9.47 Å². The SMILES string of the molecule is CC(c1ccc(-n2ccc(N)nc2=O)cc1)N1C[C@@H]2[C@@H](N)[C@@H]2C1. The van der Waals surface area contributed by atoms with Crippen LogP contribution in [0.5, 0.6) is 0 Å². The van der Waals surface area contributed by atoms with Gasteiger partial charge in [0, 0.05) is 31.4 Å². The van der Waals surface area contributed by atoms with Crippen molar-refractivity contribution in [1.29, 1.82) is 0 Å². The molecule has 0 bridgehead atoms. The molecule has 4 N–H and O–H groups in total. The summed E-state index contributed by atoms with van der Waals surface area (Å²) in [5.74, 6) is 1.62. The molecule has 1 unspecified atom stereocenters. The third-order valence-corrected chi connectivity index (χ3v) is 5.32. The van der Waals surface area contributed by atoms with E-state index in [1.807, 2.05) is 12.1 Å². The van der Waals surface area contributed by atoms with E-state index in [1.54, 1.807) is 12.3 Å². The number of hydrogen-bond donors (Lipinski definition) is 2. The molecule has 2 aromatic rings. The first-order valence-electron chi connectivity index (χ1n) is 8.00. The minimum atomic E-state index is -0.362. The zero-order valence-electron chi connectivity index (χ0n) is 13.1. The van der Waals surface area contributed by atoms with Gasteiger partial charge in [0.15, 0.2) is 0 Å². The van der Waals surface area contributed by atoms with E-state index in [-0.39, 0.29) is 11.5 Å². The zero-order valence-corrected chi connectivity index (χ0v) is 13.1. The van der Waals surface area contributed by atoms with Gasteiger partial charge in [-0.2, -0.15) is 4.98 Å². The fourth-order valence-corrected chi connectivity index (χ4v) is 3.66. The highest BCUT2D eigenvalue weighted by molar-refractivity contribution is 5.37. The van der Waals surface area contributed by atoms with Crippen molar-refractivity contribution in [2.45, 2.75) is 19.0 Å². The van der Waals surface area contributed by atoms with E-state index in [9.17, 15) is 4.79 Å². The van der Waals surface area contributed by atoms with Gasteiger partial charge in [0.25, 0.3) is 0 Å². The molecule has 2 heterocycles. The molecule has 4 rings (SSSR count). The highest BCUT2D eigenvalue weighted by Gasteiger charge is 2.54. The second kappa shape index (κ2) is 5.18. The van der Waals surface area contributed by atoms with E-state index in [4.69, 9.17) is 11.5 Å². The van der Waals surface area contributed by atoms with Crippen LogP contribution in [0, 0.1) is 11.8 Å². The average Bonchev–Trinajstić information content (AvgIpc) is 2.97.